The lowest BCUT2D eigenvalue weighted by molar-refractivity contribution is 0.536. The molecule has 3 nitrogen and oxygen atoms in total. The Morgan fingerprint density at radius 3 is 2.35 bits per heavy atom. The van der Waals surface area contributed by atoms with E-state index < -0.39 is 11.1 Å². The molecule has 1 aromatic heterocycles. The van der Waals surface area contributed by atoms with Gasteiger partial charge in [0.2, 0.25) is 0 Å². The quantitative estimate of drug-likeness (QED) is 0.680. The molecule has 5 heteroatoms. The van der Waals surface area contributed by atoms with Gasteiger partial charge in [0.05, 0.1) is 5.69 Å². The Hall–Kier alpha value is -2.24. The van der Waals surface area contributed by atoms with Crippen molar-refractivity contribution < 1.29 is 13.2 Å². The van der Waals surface area contributed by atoms with E-state index in [-0.39, 0.29) is 11.6 Å². The summed E-state index contributed by atoms with van der Waals surface area (Å²) in [5.74, 6) is -0.257. The van der Waals surface area contributed by atoms with E-state index in [9.17, 15) is 13.2 Å². The van der Waals surface area contributed by atoms with Gasteiger partial charge in [0.25, 0.3) is 0 Å². The molecule has 0 spiro atoms. The van der Waals surface area contributed by atoms with E-state index in [0.717, 1.165) is 28.1 Å². The van der Waals surface area contributed by atoms with Crippen molar-refractivity contribution in [3.8, 4) is 16.9 Å². The number of benzene rings is 2. The Labute approximate surface area is 136 Å². The second kappa shape index (κ2) is 6.48. The molecule has 118 valence electrons. The molecule has 0 amide bonds. The van der Waals surface area contributed by atoms with Gasteiger partial charge in [0.1, 0.15) is 5.82 Å². The Balaban J connectivity index is 2.00. The fourth-order valence-electron chi connectivity index (χ4n) is 2.54. The van der Waals surface area contributed by atoms with E-state index in [2.05, 4.69) is 0 Å². The van der Waals surface area contributed by atoms with E-state index in [1.54, 1.807) is 12.1 Å². The monoisotopic (exact) mass is 328 g/mol. The third kappa shape index (κ3) is 3.57. The summed E-state index contributed by atoms with van der Waals surface area (Å²) in [4.78, 5) is 0. The van der Waals surface area contributed by atoms with E-state index in [4.69, 9.17) is 0 Å². The maximum atomic E-state index is 13.1. The zero-order valence-corrected chi connectivity index (χ0v) is 13.3. The Morgan fingerprint density at radius 1 is 1.09 bits per heavy atom. The lowest BCUT2D eigenvalue weighted by Gasteiger charge is -2.11. The molecule has 2 aromatic carbocycles. The third-order valence-electron chi connectivity index (χ3n) is 3.60. The van der Waals surface area contributed by atoms with Crippen molar-refractivity contribution in [2.45, 2.75) is 12.7 Å². The van der Waals surface area contributed by atoms with Gasteiger partial charge in [-0.1, -0.05) is 35.3 Å². The van der Waals surface area contributed by atoms with Gasteiger partial charge in [-0.3, -0.25) is 4.21 Å². The van der Waals surface area contributed by atoms with Gasteiger partial charge in [-0.25, -0.2) is 4.39 Å². The van der Waals surface area contributed by atoms with Gasteiger partial charge in [0.15, 0.2) is 0 Å². The molecule has 1 atom stereocenters. The van der Waals surface area contributed by atoms with Gasteiger partial charge in [0, 0.05) is 17.6 Å². The van der Waals surface area contributed by atoms with Crippen molar-refractivity contribution in [1.29, 1.82) is 0 Å². The first kappa shape index (κ1) is 15.6. The van der Waals surface area contributed by atoms with E-state index in [1.807, 2.05) is 48.0 Å². The molecule has 23 heavy (non-hydrogen) atoms. The summed E-state index contributed by atoms with van der Waals surface area (Å²) < 4.78 is 36.6. The van der Waals surface area contributed by atoms with Crippen LogP contribution in [0.1, 0.15) is 11.1 Å². The maximum Gasteiger partial charge on any atom is 0.123 e. The SMILES string of the molecule is Cc1cc(-c2ccc(CS(=O)[O-])cc2)n(-c2ccc(F)cc2)c1. The lowest BCUT2D eigenvalue weighted by Crippen LogP contribution is -1.96. The number of hydrogen-bond acceptors (Lipinski definition) is 2. The zero-order chi connectivity index (χ0) is 16.4. The highest BCUT2D eigenvalue weighted by Gasteiger charge is 2.08. The van der Waals surface area contributed by atoms with Crippen LogP contribution in [-0.4, -0.2) is 13.3 Å². The highest BCUT2D eigenvalue weighted by Crippen LogP contribution is 2.26. The second-order valence-electron chi connectivity index (χ2n) is 5.39. The van der Waals surface area contributed by atoms with Gasteiger partial charge >= 0.3 is 0 Å². The van der Waals surface area contributed by atoms with Crippen molar-refractivity contribution in [2.75, 3.05) is 0 Å². The minimum absolute atomic E-state index is 0.0122. The van der Waals surface area contributed by atoms with Crippen LogP contribution in [0.5, 0.6) is 0 Å². The molecule has 0 aliphatic heterocycles. The Bertz CT molecular complexity index is 838. The van der Waals surface area contributed by atoms with E-state index in [0.29, 0.717) is 0 Å². The standard InChI is InChI=1S/C18H16FNO2S/c1-13-10-18(15-4-2-14(3-5-15)12-23(21)22)20(11-13)17-8-6-16(19)7-9-17/h2-11H,12H2,1H3,(H,21,22)/p-1. The topological polar surface area (TPSA) is 45.1 Å². The van der Waals surface area contributed by atoms with Crippen LogP contribution in [0.15, 0.2) is 60.8 Å². The second-order valence-corrected chi connectivity index (χ2v) is 6.29. The molecule has 1 heterocycles. The normalized spacial score (nSPS) is 12.3. The summed E-state index contributed by atoms with van der Waals surface area (Å²) >= 11 is -2.09. The van der Waals surface area contributed by atoms with Crippen LogP contribution in [0.25, 0.3) is 16.9 Å². The molecule has 0 saturated heterocycles. The number of aryl methyl sites for hydroxylation is 1. The van der Waals surface area contributed by atoms with Crippen molar-refractivity contribution >= 4 is 11.1 Å². The van der Waals surface area contributed by atoms with Gasteiger partial charge < -0.3 is 9.12 Å². The number of rotatable bonds is 4. The largest absolute Gasteiger partial charge is 0.772 e. The summed E-state index contributed by atoms with van der Waals surface area (Å²) in [7, 11) is 0. The molecule has 3 rings (SSSR count). The third-order valence-corrected chi connectivity index (χ3v) is 4.16. The van der Waals surface area contributed by atoms with Crippen LogP contribution >= 0.6 is 0 Å². The summed E-state index contributed by atoms with van der Waals surface area (Å²) in [6.45, 7) is 2.00. The minimum atomic E-state index is -2.09. The van der Waals surface area contributed by atoms with Crippen LogP contribution < -0.4 is 0 Å². The Morgan fingerprint density at radius 2 is 1.74 bits per heavy atom. The van der Waals surface area contributed by atoms with Crippen LogP contribution in [0.4, 0.5) is 4.39 Å². The molecule has 0 aliphatic rings. The number of halogens is 1. The van der Waals surface area contributed by atoms with Gasteiger partial charge in [-0.05, 0) is 53.9 Å². The minimum Gasteiger partial charge on any atom is -0.772 e. The van der Waals surface area contributed by atoms with Crippen molar-refractivity contribution in [3.05, 3.63) is 77.7 Å². The molecular formula is C18H15FNO2S-. The summed E-state index contributed by atoms with van der Waals surface area (Å²) in [6.07, 6.45) is 1.99. The highest BCUT2D eigenvalue weighted by molar-refractivity contribution is 7.78. The molecule has 0 bridgehead atoms. The molecule has 0 N–H and O–H groups in total. The Kier molecular flexibility index (Phi) is 4.41. The van der Waals surface area contributed by atoms with Crippen molar-refractivity contribution in [3.63, 3.8) is 0 Å². The average molecular weight is 328 g/mol. The fraction of sp³-hybridized carbons (Fsp3) is 0.111. The lowest BCUT2D eigenvalue weighted by atomic mass is 10.1. The summed E-state index contributed by atoms with van der Waals surface area (Å²) in [5, 5.41) is 0. The molecular weight excluding hydrogens is 313 g/mol. The van der Waals surface area contributed by atoms with Crippen LogP contribution in [-0.2, 0) is 16.8 Å². The molecule has 0 radical (unpaired) electrons. The molecule has 3 aromatic rings. The fourth-order valence-corrected chi connectivity index (χ4v) is 3.01. The molecule has 0 aliphatic carbocycles. The van der Waals surface area contributed by atoms with Crippen molar-refractivity contribution in [2.24, 2.45) is 0 Å². The summed E-state index contributed by atoms with van der Waals surface area (Å²) in [5.41, 5.74) is 4.67. The smallest absolute Gasteiger partial charge is 0.123 e. The highest BCUT2D eigenvalue weighted by atomic mass is 32.2. The number of hydrogen-bond donors (Lipinski definition) is 0. The molecule has 1 unspecified atom stereocenters. The van der Waals surface area contributed by atoms with Crippen molar-refractivity contribution in [1.82, 2.24) is 4.57 Å². The van der Waals surface area contributed by atoms with Crippen LogP contribution in [0, 0.1) is 12.7 Å². The zero-order valence-electron chi connectivity index (χ0n) is 12.5. The molecule has 0 saturated carbocycles. The average Bonchev–Trinajstić information content (AvgIpc) is 2.90. The van der Waals surface area contributed by atoms with E-state index in [1.165, 1.54) is 12.1 Å². The first-order valence-electron chi connectivity index (χ1n) is 7.13. The van der Waals surface area contributed by atoms with Crippen LogP contribution in [0.3, 0.4) is 0 Å². The number of nitrogens with zero attached hydrogens (tertiary/aromatic N) is 1. The predicted molar refractivity (Wildman–Crippen MR) is 88.5 cm³/mol. The predicted octanol–water partition coefficient (Wildman–Crippen LogP) is 3.97. The van der Waals surface area contributed by atoms with Gasteiger partial charge in [-0.15, -0.1) is 0 Å². The maximum absolute atomic E-state index is 13.1. The first-order chi connectivity index (χ1) is 11.0. The first-order valence-corrected chi connectivity index (χ1v) is 8.37. The summed E-state index contributed by atoms with van der Waals surface area (Å²) in [6, 6.07) is 15.8. The van der Waals surface area contributed by atoms with E-state index >= 15 is 0 Å². The number of aromatic nitrogens is 1. The van der Waals surface area contributed by atoms with Crippen LogP contribution in [0.2, 0.25) is 0 Å². The molecule has 0 fully saturated rings. The van der Waals surface area contributed by atoms with Gasteiger partial charge in [-0.2, -0.15) is 0 Å².